The van der Waals surface area contributed by atoms with Gasteiger partial charge in [0, 0.05) is 13.0 Å². The highest BCUT2D eigenvalue weighted by atomic mass is 32.2. The molecule has 1 unspecified atom stereocenters. The lowest BCUT2D eigenvalue weighted by atomic mass is 9.92. The van der Waals surface area contributed by atoms with Gasteiger partial charge in [-0.25, -0.2) is 21.6 Å². The number of nitrogens with zero attached hydrogens (tertiary/aromatic N) is 1. The number of amides is 1. The summed E-state index contributed by atoms with van der Waals surface area (Å²) in [7, 11) is -3.89. The molecule has 0 spiro atoms. The summed E-state index contributed by atoms with van der Waals surface area (Å²) in [5.74, 6) is -3.37. The fraction of sp³-hybridized carbons (Fsp3) is 0.182. The summed E-state index contributed by atoms with van der Waals surface area (Å²) in [6, 6.07) is 7.10. The molecule has 1 aliphatic heterocycles. The van der Waals surface area contributed by atoms with Crippen LogP contribution in [0, 0.1) is 23.9 Å². The van der Waals surface area contributed by atoms with Crippen LogP contribution in [-0.4, -0.2) is 31.2 Å². The van der Waals surface area contributed by atoms with E-state index in [1.54, 1.807) is 18.6 Å². The van der Waals surface area contributed by atoms with Gasteiger partial charge >= 0.3 is 0 Å². The van der Waals surface area contributed by atoms with Gasteiger partial charge in [0.15, 0.2) is 0 Å². The van der Waals surface area contributed by atoms with Crippen molar-refractivity contribution >= 4 is 15.9 Å². The van der Waals surface area contributed by atoms with Crippen molar-refractivity contribution in [3.63, 3.8) is 0 Å². The molecule has 2 aliphatic rings. The lowest BCUT2D eigenvalue weighted by Gasteiger charge is -2.35. The molecule has 0 fully saturated rings. The SMILES string of the molecule is O=C(NC1[CH]C2=C(C=C1)N(S(=O)(=O)c1ccc(F)cc1)CCC2)c1c(F)cccc1F. The summed E-state index contributed by atoms with van der Waals surface area (Å²) >= 11 is 0. The number of carbonyl (C=O) groups is 1. The fourth-order valence-corrected chi connectivity index (χ4v) is 5.20. The van der Waals surface area contributed by atoms with Crippen LogP contribution in [0.2, 0.25) is 0 Å². The van der Waals surface area contributed by atoms with Gasteiger partial charge in [0.2, 0.25) is 0 Å². The Morgan fingerprint density at radius 2 is 1.71 bits per heavy atom. The molecule has 9 heteroatoms. The van der Waals surface area contributed by atoms with Crippen LogP contribution >= 0.6 is 0 Å². The van der Waals surface area contributed by atoms with Gasteiger partial charge in [-0.1, -0.05) is 12.1 Å². The van der Waals surface area contributed by atoms with E-state index in [9.17, 15) is 26.4 Å². The second-order valence-corrected chi connectivity index (χ2v) is 9.03. The van der Waals surface area contributed by atoms with Gasteiger partial charge in [0.05, 0.1) is 16.6 Å². The van der Waals surface area contributed by atoms with E-state index in [2.05, 4.69) is 5.32 Å². The highest BCUT2D eigenvalue weighted by Gasteiger charge is 2.33. The predicted molar refractivity (Wildman–Crippen MR) is 108 cm³/mol. The Kier molecular flexibility index (Phi) is 5.62. The molecule has 2 aromatic rings. The first-order chi connectivity index (χ1) is 14.8. The third-order valence-electron chi connectivity index (χ3n) is 5.14. The van der Waals surface area contributed by atoms with E-state index in [1.165, 1.54) is 22.5 Å². The smallest absolute Gasteiger partial charge is 0.264 e. The minimum atomic E-state index is -3.89. The molecule has 4 rings (SSSR count). The minimum absolute atomic E-state index is 0.0264. The average Bonchev–Trinajstić information content (AvgIpc) is 2.73. The van der Waals surface area contributed by atoms with Gasteiger partial charge in [-0.2, -0.15) is 0 Å². The van der Waals surface area contributed by atoms with E-state index in [1.807, 2.05) is 0 Å². The fourth-order valence-electron chi connectivity index (χ4n) is 3.66. The van der Waals surface area contributed by atoms with Crippen LogP contribution in [-0.2, 0) is 10.0 Å². The zero-order chi connectivity index (χ0) is 22.2. The van der Waals surface area contributed by atoms with E-state index in [0.29, 0.717) is 24.1 Å². The molecule has 31 heavy (non-hydrogen) atoms. The van der Waals surface area contributed by atoms with Crippen molar-refractivity contribution in [2.75, 3.05) is 6.54 Å². The van der Waals surface area contributed by atoms with E-state index in [0.717, 1.165) is 24.3 Å². The number of hydrogen-bond donors (Lipinski definition) is 1. The van der Waals surface area contributed by atoms with E-state index < -0.39 is 45.0 Å². The summed E-state index contributed by atoms with van der Waals surface area (Å²) < 4.78 is 68.2. The highest BCUT2D eigenvalue weighted by molar-refractivity contribution is 7.89. The zero-order valence-electron chi connectivity index (χ0n) is 16.2. The van der Waals surface area contributed by atoms with Gasteiger partial charge in [0.25, 0.3) is 15.9 Å². The van der Waals surface area contributed by atoms with Gasteiger partial charge in [-0.3, -0.25) is 9.10 Å². The van der Waals surface area contributed by atoms with E-state index in [-0.39, 0.29) is 11.4 Å². The molecular formula is C22H18F3N2O3S. The summed E-state index contributed by atoms with van der Waals surface area (Å²) in [6.07, 6.45) is 5.91. The monoisotopic (exact) mass is 447 g/mol. The van der Waals surface area contributed by atoms with Gasteiger partial charge in [-0.15, -0.1) is 0 Å². The summed E-state index contributed by atoms with van der Waals surface area (Å²) in [5, 5.41) is 2.54. The molecule has 0 saturated heterocycles. The Balaban J connectivity index is 1.55. The molecule has 1 aliphatic carbocycles. The number of carbonyl (C=O) groups excluding carboxylic acids is 1. The van der Waals surface area contributed by atoms with Crippen molar-refractivity contribution in [3.8, 4) is 0 Å². The first-order valence-electron chi connectivity index (χ1n) is 9.57. The quantitative estimate of drug-likeness (QED) is 0.777. The number of hydrogen-bond acceptors (Lipinski definition) is 3. The maximum Gasteiger partial charge on any atom is 0.264 e. The van der Waals surface area contributed by atoms with Crippen LogP contribution < -0.4 is 5.32 Å². The van der Waals surface area contributed by atoms with Crippen LogP contribution in [0.1, 0.15) is 23.2 Å². The van der Waals surface area contributed by atoms with Crippen LogP contribution in [0.25, 0.3) is 0 Å². The standard InChI is InChI=1S/C22H18F3N2O3S/c23-15-6-9-17(10-7-15)31(29,30)27-12-2-3-14-13-16(8-11-20(14)27)26-22(28)21-18(24)4-1-5-19(21)25/h1,4-11,13,16H,2-3,12H2,(H,26,28). The van der Waals surface area contributed by atoms with Gasteiger partial charge < -0.3 is 5.32 Å². The Morgan fingerprint density at radius 3 is 2.39 bits per heavy atom. The molecule has 1 N–H and O–H groups in total. The summed E-state index contributed by atoms with van der Waals surface area (Å²) in [4.78, 5) is 12.3. The molecule has 0 bridgehead atoms. The van der Waals surface area contributed by atoms with Gasteiger partial charge in [0.1, 0.15) is 23.0 Å². The van der Waals surface area contributed by atoms with E-state index >= 15 is 0 Å². The lowest BCUT2D eigenvalue weighted by molar-refractivity contribution is 0.0940. The first-order valence-corrected chi connectivity index (χ1v) is 11.0. The minimum Gasteiger partial charge on any atom is -0.345 e. The second kappa shape index (κ2) is 8.22. The molecule has 0 aromatic heterocycles. The molecule has 1 radical (unpaired) electrons. The molecule has 1 atom stereocenters. The lowest BCUT2D eigenvalue weighted by Crippen LogP contribution is -2.40. The molecule has 1 heterocycles. The average molecular weight is 447 g/mol. The number of nitrogens with one attached hydrogen (secondary N) is 1. The Labute approximate surface area is 177 Å². The van der Waals surface area contributed by atoms with Crippen LogP contribution in [0.15, 0.2) is 70.8 Å². The normalized spacial score (nSPS) is 18.7. The van der Waals surface area contributed by atoms with Crippen molar-refractivity contribution in [2.24, 2.45) is 0 Å². The molecule has 0 saturated carbocycles. The maximum absolute atomic E-state index is 13.9. The number of benzene rings is 2. The largest absolute Gasteiger partial charge is 0.345 e. The Hall–Kier alpha value is -3.07. The van der Waals surface area contributed by atoms with Crippen molar-refractivity contribution in [1.29, 1.82) is 0 Å². The molecule has 2 aromatic carbocycles. The van der Waals surface area contributed by atoms with E-state index in [4.69, 9.17) is 0 Å². The molecule has 161 valence electrons. The maximum atomic E-state index is 13.9. The molecule has 5 nitrogen and oxygen atoms in total. The van der Waals surface area contributed by atoms with Crippen LogP contribution in [0.5, 0.6) is 0 Å². The first kappa shape index (κ1) is 21.2. The molecule has 1 amide bonds. The van der Waals surface area contributed by atoms with Crippen molar-refractivity contribution in [2.45, 2.75) is 23.8 Å². The van der Waals surface area contributed by atoms with Crippen molar-refractivity contribution in [3.05, 3.63) is 95.3 Å². The summed E-state index contributed by atoms with van der Waals surface area (Å²) in [5.41, 5.74) is 0.477. The van der Waals surface area contributed by atoms with Crippen molar-refractivity contribution < 1.29 is 26.4 Å². The Bertz CT molecular complexity index is 1170. The number of rotatable bonds is 4. The summed E-state index contributed by atoms with van der Waals surface area (Å²) in [6.45, 7) is 0.258. The highest BCUT2D eigenvalue weighted by Crippen LogP contribution is 2.34. The third kappa shape index (κ3) is 4.10. The Morgan fingerprint density at radius 1 is 1.03 bits per heavy atom. The predicted octanol–water partition coefficient (Wildman–Crippen LogP) is 3.72. The van der Waals surface area contributed by atoms with Gasteiger partial charge in [-0.05, 0) is 60.9 Å². The number of halogens is 3. The number of allylic oxidation sites excluding steroid dienone is 1. The second-order valence-electron chi connectivity index (χ2n) is 7.17. The molecular weight excluding hydrogens is 429 g/mol. The zero-order valence-corrected chi connectivity index (χ0v) is 17.0. The topological polar surface area (TPSA) is 66.5 Å². The number of sulfonamides is 1. The van der Waals surface area contributed by atoms with Crippen LogP contribution in [0.4, 0.5) is 13.2 Å². The van der Waals surface area contributed by atoms with Crippen LogP contribution in [0.3, 0.4) is 0 Å². The van der Waals surface area contributed by atoms with Crippen molar-refractivity contribution in [1.82, 2.24) is 9.62 Å². The third-order valence-corrected chi connectivity index (χ3v) is 6.96.